The first kappa shape index (κ1) is 15.0. The second kappa shape index (κ2) is 6.16. The second-order valence-electron chi connectivity index (χ2n) is 5.74. The summed E-state index contributed by atoms with van der Waals surface area (Å²) in [7, 11) is 0. The van der Waals surface area contributed by atoms with Gasteiger partial charge in [0.25, 0.3) is 5.91 Å². The Hall–Kier alpha value is -3.54. The van der Waals surface area contributed by atoms with E-state index in [1.165, 1.54) is 0 Å². The number of aromatic hydroxyl groups is 1. The highest BCUT2D eigenvalue weighted by Crippen LogP contribution is 2.36. The lowest BCUT2D eigenvalue weighted by Gasteiger charge is -2.11. The van der Waals surface area contributed by atoms with Crippen LogP contribution in [0.25, 0.3) is 0 Å². The van der Waals surface area contributed by atoms with Crippen molar-refractivity contribution in [2.75, 3.05) is 16.0 Å². The topological polar surface area (TPSA) is 86.3 Å². The predicted molar refractivity (Wildman–Crippen MR) is 97.3 cm³/mol. The molecule has 0 fully saturated rings. The molecule has 0 saturated carbocycles. The molecule has 0 radical (unpaired) electrons. The number of nitrogens with zero attached hydrogens (tertiary/aromatic N) is 1. The SMILES string of the molecule is O=C(Nc1cccnc1)c1ccc2c(c1)NCc1c(O)cccc1N2. The van der Waals surface area contributed by atoms with Gasteiger partial charge in [0.2, 0.25) is 0 Å². The van der Waals surface area contributed by atoms with Crippen LogP contribution in [0.5, 0.6) is 5.75 Å². The van der Waals surface area contributed by atoms with Gasteiger partial charge < -0.3 is 21.1 Å². The molecule has 6 nitrogen and oxygen atoms in total. The Labute approximate surface area is 144 Å². The number of aromatic nitrogens is 1. The Bertz CT molecular complexity index is 941. The molecular formula is C19H16N4O2. The molecule has 0 atom stereocenters. The number of benzene rings is 2. The minimum Gasteiger partial charge on any atom is -0.508 e. The van der Waals surface area contributed by atoms with E-state index in [1.54, 1.807) is 48.8 Å². The summed E-state index contributed by atoms with van der Waals surface area (Å²) in [6, 6.07) is 14.3. The van der Waals surface area contributed by atoms with Gasteiger partial charge in [-0.2, -0.15) is 0 Å². The van der Waals surface area contributed by atoms with Crippen LogP contribution in [0.15, 0.2) is 60.9 Å². The van der Waals surface area contributed by atoms with E-state index in [1.807, 2.05) is 12.1 Å². The summed E-state index contributed by atoms with van der Waals surface area (Å²) < 4.78 is 0. The lowest BCUT2D eigenvalue weighted by Crippen LogP contribution is -2.12. The molecule has 1 amide bonds. The Morgan fingerprint density at radius 1 is 1.08 bits per heavy atom. The number of carbonyl (C=O) groups is 1. The summed E-state index contributed by atoms with van der Waals surface area (Å²) in [5.41, 5.74) is 4.47. The molecule has 0 aliphatic carbocycles. The molecule has 124 valence electrons. The highest BCUT2D eigenvalue weighted by molar-refractivity contribution is 6.05. The number of fused-ring (bicyclic) bond motifs is 2. The minimum atomic E-state index is -0.206. The summed E-state index contributed by atoms with van der Waals surface area (Å²) in [5.74, 6) is 0.0297. The third kappa shape index (κ3) is 2.97. The zero-order valence-electron chi connectivity index (χ0n) is 13.3. The van der Waals surface area contributed by atoms with E-state index >= 15 is 0 Å². The molecular weight excluding hydrogens is 316 g/mol. The highest BCUT2D eigenvalue weighted by atomic mass is 16.3. The van der Waals surface area contributed by atoms with Crippen molar-refractivity contribution in [1.82, 2.24) is 4.98 Å². The van der Waals surface area contributed by atoms with Gasteiger partial charge in [0.05, 0.1) is 23.3 Å². The van der Waals surface area contributed by atoms with E-state index in [4.69, 9.17) is 0 Å². The number of phenols is 1. The summed E-state index contributed by atoms with van der Waals surface area (Å²) in [4.78, 5) is 16.4. The summed E-state index contributed by atoms with van der Waals surface area (Å²) in [5, 5.41) is 19.4. The maximum absolute atomic E-state index is 12.4. The lowest BCUT2D eigenvalue weighted by molar-refractivity contribution is 0.102. The molecule has 4 N–H and O–H groups in total. The van der Waals surface area contributed by atoms with Crippen molar-refractivity contribution in [3.63, 3.8) is 0 Å². The second-order valence-corrected chi connectivity index (χ2v) is 5.74. The molecule has 2 aromatic carbocycles. The number of carbonyl (C=O) groups excluding carboxylic acids is 1. The van der Waals surface area contributed by atoms with Crippen molar-refractivity contribution in [2.24, 2.45) is 0 Å². The third-order valence-corrected chi connectivity index (χ3v) is 4.08. The van der Waals surface area contributed by atoms with Crippen LogP contribution in [-0.4, -0.2) is 16.0 Å². The van der Waals surface area contributed by atoms with E-state index in [0.29, 0.717) is 17.8 Å². The van der Waals surface area contributed by atoms with Crippen LogP contribution in [-0.2, 0) is 6.54 Å². The molecule has 1 aromatic heterocycles. The van der Waals surface area contributed by atoms with E-state index in [0.717, 1.165) is 22.6 Å². The largest absolute Gasteiger partial charge is 0.508 e. The van der Waals surface area contributed by atoms with Gasteiger partial charge in [-0.15, -0.1) is 0 Å². The molecule has 0 spiro atoms. The van der Waals surface area contributed by atoms with Gasteiger partial charge in [-0.25, -0.2) is 0 Å². The van der Waals surface area contributed by atoms with Crippen molar-refractivity contribution >= 4 is 28.7 Å². The van der Waals surface area contributed by atoms with E-state index in [2.05, 4.69) is 20.9 Å². The monoisotopic (exact) mass is 332 g/mol. The van der Waals surface area contributed by atoms with Gasteiger partial charge in [-0.1, -0.05) is 6.07 Å². The molecule has 0 bridgehead atoms. The molecule has 0 unspecified atom stereocenters. The predicted octanol–water partition coefficient (Wildman–Crippen LogP) is 3.71. The van der Waals surface area contributed by atoms with Crippen molar-refractivity contribution in [3.8, 4) is 5.75 Å². The fourth-order valence-corrected chi connectivity index (χ4v) is 2.79. The fraction of sp³-hybridized carbons (Fsp3) is 0.0526. The van der Waals surface area contributed by atoms with Crippen molar-refractivity contribution in [1.29, 1.82) is 0 Å². The van der Waals surface area contributed by atoms with Gasteiger partial charge in [0, 0.05) is 29.6 Å². The molecule has 1 aliphatic rings. The van der Waals surface area contributed by atoms with Crippen molar-refractivity contribution in [3.05, 3.63) is 72.1 Å². The number of rotatable bonds is 2. The number of nitrogens with one attached hydrogen (secondary N) is 3. The summed E-state index contributed by atoms with van der Waals surface area (Å²) >= 11 is 0. The number of amides is 1. The van der Waals surface area contributed by atoms with Gasteiger partial charge in [-0.3, -0.25) is 9.78 Å². The number of hydrogen-bond acceptors (Lipinski definition) is 5. The van der Waals surface area contributed by atoms with E-state index in [9.17, 15) is 9.90 Å². The van der Waals surface area contributed by atoms with Gasteiger partial charge in [0.15, 0.2) is 0 Å². The van der Waals surface area contributed by atoms with E-state index in [-0.39, 0.29) is 11.7 Å². The first-order valence-electron chi connectivity index (χ1n) is 7.88. The Morgan fingerprint density at radius 2 is 2.00 bits per heavy atom. The summed E-state index contributed by atoms with van der Waals surface area (Å²) in [6.45, 7) is 0.468. The van der Waals surface area contributed by atoms with Crippen molar-refractivity contribution in [2.45, 2.75) is 6.54 Å². The van der Waals surface area contributed by atoms with E-state index < -0.39 is 0 Å². The third-order valence-electron chi connectivity index (χ3n) is 4.08. The van der Waals surface area contributed by atoms with Gasteiger partial charge in [-0.05, 0) is 42.5 Å². The molecule has 6 heteroatoms. The van der Waals surface area contributed by atoms with Crippen LogP contribution >= 0.6 is 0 Å². The zero-order chi connectivity index (χ0) is 17.2. The average Bonchev–Trinajstić information content (AvgIpc) is 2.82. The average molecular weight is 332 g/mol. The first-order chi connectivity index (χ1) is 12.2. The Balaban J connectivity index is 1.60. The maximum Gasteiger partial charge on any atom is 0.255 e. The van der Waals surface area contributed by atoms with Gasteiger partial charge >= 0.3 is 0 Å². The standard InChI is InChI=1S/C19H16N4O2/c24-18-5-1-4-15-14(18)11-21-17-9-12(6-7-16(17)23-15)19(25)22-13-3-2-8-20-10-13/h1-10,21,23-24H,11H2,(H,22,25). The van der Waals surface area contributed by atoms with Crippen LogP contribution in [0.3, 0.4) is 0 Å². The Kier molecular flexibility index (Phi) is 3.70. The molecule has 25 heavy (non-hydrogen) atoms. The molecule has 2 heterocycles. The molecule has 0 saturated heterocycles. The van der Waals surface area contributed by atoms with Crippen LogP contribution < -0.4 is 16.0 Å². The van der Waals surface area contributed by atoms with Gasteiger partial charge in [0.1, 0.15) is 5.75 Å². The van der Waals surface area contributed by atoms with Crippen LogP contribution in [0.4, 0.5) is 22.7 Å². The fourth-order valence-electron chi connectivity index (χ4n) is 2.79. The number of anilines is 4. The Morgan fingerprint density at radius 3 is 2.84 bits per heavy atom. The first-order valence-corrected chi connectivity index (χ1v) is 7.88. The lowest BCUT2D eigenvalue weighted by atomic mass is 10.1. The normalized spacial score (nSPS) is 12.0. The minimum absolute atomic E-state index is 0.206. The molecule has 3 aromatic rings. The highest BCUT2D eigenvalue weighted by Gasteiger charge is 2.16. The zero-order valence-corrected chi connectivity index (χ0v) is 13.3. The quantitative estimate of drug-likeness (QED) is 0.575. The number of phenolic OH excluding ortho intramolecular Hbond substituents is 1. The maximum atomic E-state index is 12.4. The van der Waals surface area contributed by atoms with Crippen LogP contribution in [0, 0.1) is 0 Å². The van der Waals surface area contributed by atoms with Crippen molar-refractivity contribution < 1.29 is 9.90 Å². The van der Waals surface area contributed by atoms with Crippen LogP contribution in [0.2, 0.25) is 0 Å². The number of hydrogen-bond donors (Lipinski definition) is 4. The summed E-state index contributed by atoms with van der Waals surface area (Å²) in [6.07, 6.45) is 3.25. The molecule has 4 rings (SSSR count). The molecule has 1 aliphatic heterocycles. The van der Waals surface area contributed by atoms with Crippen LogP contribution in [0.1, 0.15) is 15.9 Å². The number of pyridine rings is 1. The smallest absolute Gasteiger partial charge is 0.255 e.